The molecule has 2 aromatic rings. The monoisotopic (exact) mass is 391 g/mol. The molecule has 1 aliphatic carbocycles. The zero-order chi connectivity index (χ0) is 20.5. The molecule has 0 aromatic heterocycles. The second-order valence-electron chi connectivity index (χ2n) is 7.65. The number of benzene rings is 2. The highest BCUT2D eigenvalue weighted by Crippen LogP contribution is 2.23. The van der Waals surface area contributed by atoms with Crippen molar-refractivity contribution in [3.63, 3.8) is 0 Å². The van der Waals surface area contributed by atoms with Crippen LogP contribution in [0.15, 0.2) is 48.5 Å². The maximum absolute atomic E-state index is 12.2. The van der Waals surface area contributed by atoms with E-state index < -0.39 is 0 Å². The summed E-state index contributed by atoms with van der Waals surface area (Å²) in [6.07, 6.45) is 6.55. The van der Waals surface area contributed by atoms with Gasteiger partial charge in [-0.3, -0.25) is 9.69 Å². The highest BCUT2D eigenvalue weighted by Gasteiger charge is 2.18. The van der Waals surface area contributed by atoms with Crippen LogP contribution in [0.4, 0.5) is 0 Å². The second-order valence-corrected chi connectivity index (χ2v) is 7.65. The number of nitrogens with zero attached hydrogens (tertiary/aromatic N) is 2. The number of ether oxygens (including phenoxy) is 1. The molecule has 0 saturated heterocycles. The van der Waals surface area contributed by atoms with Gasteiger partial charge in [-0.25, -0.2) is 0 Å². The summed E-state index contributed by atoms with van der Waals surface area (Å²) in [4.78, 5) is 14.7. The van der Waals surface area contributed by atoms with E-state index in [1.807, 2.05) is 6.07 Å². The van der Waals surface area contributed by atoms with E-state index in [0.29, 0.717) is 23.9 Å². The average Bonchev–Trinajstić information content (AvgIpc) is 2.77. The Kier molecular flexibility index (Phi) is 7.66. The van der Waals surface area contributed by atoms with Crippen LogP contribution in [0, 0.1) is 11.3 Å². The topological polar surface area (TPSA) is 65.4 Å². The Labute approximate surface area is 173 Å². The fraction of sp³-hybridized carbons (Fsp3) is 0.417. The predicted molar refractivity (Wildman–Crippen MR) is 113 cm³/mol. The van der Waals surface area contributed by atoms with Gasteiger partial charge in [0.2, 0.25) is 0 Å². The van der Waals surface area contributed by atoms with Crippen LogP contribution in [0.1, 0.15) is 48.8 Å². The van der Waals surface area contributed by atoms with Crippen LogP contribution in [-0.4, -0.2) is 30.5 Å². The van der Waals surface area contributed by atoms with Gasteiger partial charge >= 0.3 is 0 Å². The number of nitrogens with one attached hydrogen (secondary N) is 1. The van der Waals surface area contributed by atoms with Crippen molar-refractivity contribution in [1.82, 2.24) is 10.2 Å². The summed E-state index contributed by atoms with van der Waals surface area (Å²) in [6, 6.07) is 17.9. The van der Waals surface area contributed by atoms with Gasteiger partial charge in [0.05, 0.1) is 5.56 Å². The van der Waals surface area contributed by atoms with Gasteiger partial charge in [0, 0.05) is 19.1 Å². The minimum atomic E-state index is -0.201. The highest BCUT2D eigenvalue weighted by atomic mass is 16.5. The van der Waals surface area contributed by atoms with Gasteiger partial charge in [0.25, 0.3) is 5.91 Å². The average molecular weight is 392 g/mol. The molecule has 0 radical (unpaired) electrons. The number of carbonyl (C=O) groups is 1. The summed E-state index contributed by atoms with van der Waals surface area (Å²) in [6.45, 7) is 1.25. The minimum absolute atomic E-state index is 0.108. The van der Waals surface area contributed by atoms with Crippen molar-refractivity contribution < 1.29 is 9.53 Å². The Hall–Kier alpha value is -2.84. The molecule has 3 rings (SSSR count). The second kappa shape index (κ2) is 10.6. The van der Waals surface area contributed by atoms with E-state index in [9.17, 15) is 4.79 Å². The Morgan fingerprint density at radius 2 is 1.79 bits per heavy atom. The molecule has 5 heteroatoms. The Morgan fingerprint density at radius 1 is 1.10 bits per heavy atom. The van der Waals surface area contributed by atoms with E-state index in [1.54, 1.807) is 24.3 Å². The number of hydrogen-bond acceptors (Lipinski definition) is 4. The van der Waals surface area contributed by atoms with Gasteiger partial charge < -0.3 is 10.1 Å². The maximum atomic E-state index is 12.2. The van der Waals surface area contributed by atoms with Crippen molar-refractivity contribution in [2.45, 2.75) is 51.2 Å². The van der Waals surface area contributed by atoms with Crippen molar-refractivity contribution in [1.29, 1.82) is 5.26 Å². The van der Waals surface area contributed by atoms with Gasteiger partial charge in [-0.05, 0) is 43.1 Å². The van der Waals surface area contributed by atoms with Crippen molar-refractivity contribution in [2.75, 3.05) is 13.7 Å². The predicted octanol–water partition coefficient (Wildman–Crippen LogP) is 4.02. The van der Waals surface area contributed by atoms with Gasteiger partial charge in [0.15, 0.2) is 6.61 Å². The summed E-state index contributed by atoms with van der Waals surface area (Å²) in [5, 5.41) is 12.0. The number of rotatable bonds is 8. The van der Waals surface area contributed by atoms with E-state index in [4.69, 9.17) is 10.00 Å². The largest absolute Gasteiger partial charge is 0.482 e. The number of hydrogen-bond donors (Lipinski definition) is 1. The first-order chi connectivity index (χ1) is 14.2. The van der Waals surface area contributed by atoms with Crippen LogP contribution in [0.5, 0.6) is 5.75 Å². The number of carbonyl (C=O) groups excluding carboxylic acids is 1. The molecule has 0 unspecified atom stereocenters. The summed E-state index contributed by atoms with van der Waals surface area (Å²) >= 11 is 0. The van der Waals surface area contributed by atoms with Crippen LogP contribution >= 0.6 is 0 Å². The zero-order valence-electron chi connectivity index (χ0n) is 17.1. The molecular formula is C24H29N3O2. The number of para-hydroxylation sites is 1. The van der Waals surface area contributed by atoms with Crippen molar-refractivity contribution >= 4 is 5.91 Å². The van der Waals surface area contributed by atoms with Crippen molar-refractivity contribution in [3.8, 4) is 11.8 Å². The molecule has 1 aliphatic rings. The Bertz CT molecular complexity index is 853. The maximum Gasteiger partial charge on any atom is 0.258 e. The molecule has 0 bridgehead atoms. The molecule has 0 aliphatic heterocycles. The van der Waals surface area contributed by atoms with Crippen molar-refractivity contribution in [3.05, 3.63) is 65.2 Å². The SMILES string of the molecule is CN(Cc1ccccc1CNC(=O)COc1ccccc1C#N)C1CCCCC1. The first-order valence-corrected chi connectivity index (χ1v) is 10.3. The molecule has 1 fully saturated rings. The summed E-state index contributed by atoms with van der Waals surface area (Å²) in [5.74, 6) is 0.229. The lowest BCUT2D eigenvalue weighted by atomic mass is 9.94. The molecule has 1 saturated carbocycles. The molecule has 1 amide bonds. The minimum Gasteiger partial charge on any atom is -0.482 e. The molecular weight excluding hydrogens is 362 g/mol. The summed E-state index contributed by atoms with van der Waals surface area (Å²) in [7, 11) is 2.20. The highest BCUT2D eigenvalue weighted by molar-refractivity contribution is 5.77. The quantitative estimate of drug-likeness (QED) is 0.738. The fourth-order valence-electron chi connectivity index (χ4n) is 3.88. The van der Waals surface area contributed by atoms with Crippen LogP contribution in [0.25, 0.3) is 0 Å². The molecule has 5 nitrogen and oxygen atoms in total. The van der Waals surface area contributed by atoms with Crippen LogP contribution in [0.3, 0.4) is 0 Å². The van der Waals surface area contributed by atoms with E-state index in [1.165, 1.54) is 37.7 Å². The van der Waals surface area contributed by atoms with Crippen molar-refractivity contribution in [2.24, 2.45) is 0 Å². The first-order valence-electron chi connectivity index (χ1n) is 10.3. The normalized spacial score (nSPS) is 14.4. The lowest BCUT2D eigenvalue weighted by Gasteiger charge is -2.31. The Morgan fingerprint density at radius 3 is 2.55 bits per heavy atom. The third-order valence-corrected chi connectivity index (χ3v) is 5.58. The zero-order valence-corrected chi connectivity index (χ0v) is 17.1. The van der Waals surface area contributed by atoms with E-state index in [-0.39, 0.29) is 12.5 Å². The van der Waals surface area contributed by atoms with Gasteiger partial charge in [-0.1, -0.05) is 55.7 Å². The number of amides is 1. The standard InChI is InChI=1S/C24H29N3O2/c1-27(22-12-3-2-4-13-22)17-21-11-6-5-10-20(21)16-26-24(28)18-29-23-14-8-7-9-19(23)15-25/h5-11,14,22H,2-4,12-13,16-18H2,1H3,(H,26,28). The lowest BCUT2D eigenvalue weighted by molar-refractivity contribution is -0.123. The molecule has 0 heterocycles. The molecule has 1 N–H and O–H groups in total. The third kappa shape index (κ3) is 6.07. The molecule has 152 valence electrons. The van der Waals surface area contributed by atoms with Crippen LogP contribution < -0.4 is 10.1 Å². The summed E-state index contributed by atoms with van der Waals surface area (Å²) in [5.41, 5.74) is 2.80. The van der Waals surface area contributed by atoms with Gasteiger partial charge in [-0.2, -0.15) is 5.26 Å². The van der Waals surface area contributed by atoms with E-state index in [2.05, 4.69) is 41.5 Å². The van der Waals surface area contributed by atoms with Gasteiger partial charge in [0.1, 0.15) is 11.8 Å². The lowest BCUT2D eigenvalue weighted by Crippen LogP contribution is -2.33. The third-order valence-electron chi connectivity index (χ3n) is 5.58. The number of nitriles is 1. The molecule has 2 aromatic carbocycles. The fourth-order valence-corrected chi connectivity index (χ4v) is 3.88. The smallest absolute Gasteiger partial charge is 0.258 e. The van der Waals surface area contributed by atoms with E-state index >= 15 is 0 Å². The molecule has 29 heavy (non-hydrogen) atoms. The summed E-state index contributed by atoms with van der Waals surface area (Å²) < 4.78 is 5.51. The molecule has 0 atom stereocenters. The first kappa shape index (κ1) is 20.9. The van der Waals surface area contributed by atoms with Crippen LogP contribution in [0.2, 0.25) is 0 Å². The molecule has 0 spiro atoms. The van der Waals surface area contributed by atoms with Gasteiger partial charge in [-0.15, -0.1) is 0 Å². The Balaban J connectivity index is 1.52. The van der Waals surface area contributed by atoms with Crippen LogP contribution in [-0.2, 0) is 17.9 Å². The van der Waals surface area contributed by atoms with E-state index in [0.717, 1.165) is 12.1 Å².